The first kappa shape index (κ1) is 12.2. The lowest BCUT2D eigenvalue weighted by molar-refractivity contribution is 0.103. The van der Waals surface area contributed by atoms with E-state index in [0.717, 1.165) is 17.1 Å². The van der Waals surface area contributed by atoms with Crippen LogP contribution < -0.4 is 11.1 Å². The lowest BCUT2D eigenvalue weighted by atomic mass is 10.2. The van der Waals surface area contributed by atoms with Crippen molar-refractivity contribution < 1.29 is 4.79 Å². The van der Waals surface area contributed by atoms with Gasteiger partial charge in [0.05, 0.1) is 18.4 Å². The number of hydrogen-bond donors (Lipinski definition) is 2. The fraction of sp³-hybridized carbons (Fsp3) is 0.0833. The summed E-state index contributed by atoms with van der Waals surface area (Å²) in [4.78, 5) is 12.3. The fourth-order valence-corrected chi connectivity index (χ4v) is 1.71. The van der Waals surface area contributed by atoms with E-state index in [1.165, 1.54) is 6.20 Å². The van der Waals surface area contributed by atoms with Gasteiger partial charge in [-0.2, -0.15) is 0 Å². The summed E-state index contributed by atoms with van der Waals surface area (Å²) in [5.74, 6) is 5.42. The maximum atomic E-state index is 11.8. The Hall–Kier alpha value is -2.23. The number of rotatable bonds is 2. The third-order valence-electron chi connectivity index (χ3n) is 2.09. The van der Waals surface area contributed by atoms with E-state index in [9.17, 15) is 4.79 Å². The Bertz CT molecular complexity index is 598. The first-order valence-corrected chi connectivity index (χ1v) is 5.95. The number of para-hydroxylation sites is 1. The molecule has 1 aromatic carbocycles. The maximum Gasteiger partial charge on any atom is 0.269 e. The number of amides is 1. The van der Waals surface area contributed by atoms with Gasteiger partial charge >= 0.3 is 0 Å². The van der Waals surface area contributed by atoms with Gasteiger partial charge < -0.3 is 11.1 Å². The van der Waals surface area contributed by atoms with Crippen LogP contribution in [0.25, 0.3) is 0 Å². The molecule has 0 saturated heterocycles. The van der Waals surface area contributed by atoms with Crippen LogP contribution in [-0.2, 0) is 0 Å². The molecule has 0 atom stereocenters. The normalized spacial score (nSPS) is 9.39. The van der Waals surface area contributed by atoms with E-state index in [-0.39, 0.29) is 12.5 Å². The van der Waals surface area contributed by atoms with Gasteiger partial charge in [0, 0.05) is 5.56 Å². The number of carbonyl (C=O) groups excluding carboxylic acids is 1. The number of aromatic nitrogens is 2. The van der Waals surface area contributed by atoms with Crippen molar-refractivity contribution in [1.29, 1.82) is 0 Å². The van der Waals surface area contributed by atoms with Crippen LogP contribution in [0.4, 0.5) is 5.69 Å². The Morgan fingerprint density at radius 1 is 1.44 bits per heavy atom. The molecular formula is C12H10N4OS. The van der Waals surface area contributed by atoms with Crippen LogP contribution in [0.3, 0.4) is 0 Å². The second-order valence-electron chi connectivity index (χ2n) is 3.29. The highest BCUT2D eigenvalue weighted by atomic mass is 32.1. The van der Waals surface area contributed by atoms with Gasteiger partial charge in [-0.15, -0.1) is 5.10 Å². The molecule has 0 bridgehead atoms. The average Bonchev–Trinajstić information content (AvgIpc) is 2.91. The SMILES string of the molecule is NCC#Cc1ccccc1NC(=O)c1cnns1. The molecule has 2 rings (SSSR count). The molecule has 1 aromatic heterocycles. The zero-order chi connectivity index (χ0) is 12.8. The van der Waals surface area contributed by atoms with Gasteiger partial charge in [0.2, 0.25) is 0 Å². The second-order valence-corrected chi connectivity index (χ2v) is 4.07. The maximum absolute atomic E-state index is 11.8. The number of anilines is 1. The van der Waals surface area contributed by atoms with Crippen molar-refractivity contribution in [2.75, 3.05) is 11.9 Å². The Morgan fingerprint density at radius 2 is 2.28 bits per heavy atom. The zero-order valence-corrected chi connectivity index (χ0v) is 10.2. The standard InChI is InChI=1S/C12H10N4OS/c13-7-3-5-9-4-1-2-6-10(9)15-12(17)11-8-14-16-18-11/h1-2,4,6,8H,7,13H2,(H,15,17). The first-order chi connectivity index (χ1) is 8.81. The van der Waals surface area contributed by atoms with Gasteiger partial charge in [-0.25, -0.2) is 0 Å². The molecule has 90 valence electrons. The molecule has 5 nitrogen and oxygen atoms in total. The molecular weight excluding hydrogens is 248 g/mol. The molecule has 0 spiro atoms. The number of nitrogens with two attached hydrogens (primary N) is 1. The van der Waals surface area contributed by atoms with E-state index in [0.29, 0.717) is 10.6 Å². The molecule has 0 aliphatic rings. The quantitative estimate of drug-likeness (QED) is 0.790. The Kier molecular flexibility index (Phi) is 4.02. The summed E-state index contributed by atoms with van der Waals surface area (Å²) >= 11 is 1.04. The molecule has 0 aliphatic heterocycles. The summed E-state index contributed by atoms with van der Waals surface area (Å²) < 4.78 is 3.64. The van der Waals surface area contributed by atoms with Crippen molar-refractivity contribution in [2.45, 2.75) is 0 Å². The van der Waals surface area contributed by atoms with E-state index >= 15 is 0 Å². The molecule has 2 aromatic rings. The highest BCUT2D eigenvalue weighted by molar-refractivity contribution is 7.07. The molecule has 0 aliphatic carbocycles. The predicted molar refractivity (Wildman–Crippen MR) is 70.2 cm³/mol. The fourth-order valence-electron chi connectivity index (χ4n) is 1.30. The Balaban J connectivity index is 2.21. The van der Waals surface area contributed by atoms with E-state index in [1.54, 1.807) is 6.07 Å². The Labute approximate surface area is 108 Å². The number of carbonyl (C=O) groups is 1. The smallest absolute Gasteiger partial charge is 0.269 e. The van der Waals surface area contributed by atoms with Gasteiger partial charge in [0.1, 0.15) is 4.88 Å². The monoisotopic (exact) mass is 258 g/mol. The molecule has 3 N–H and O–H groups in total. The third kappa shape index (κ3) is 2.91. The molecule has 0 fully saturated rings. The number of nitrogens with zero attached hydrogens (tertiary/aromatic N) is 2. The minimum absolute atomic E-state index is 0.244. The molecule has 18 heavy (non-hydrogen) atoms. The highest BCUT2D eigenvalue weighted by Gasteiger charge is 2.10. The molecule has 6 heteroatoms. The van der Waals surface area contributed by atoms with Crippen LogP contribution in [0, 0.1) is 11.8 Å². The third-order valence-corrected chi connectivity index (χ3v) is 2.75. The highest BCUT2D eigenvalue weighted by Crippen LogP contribution is 2.15. The number of benzene rings is 1. The summed E-state index contributed by atoms with van der Waals surface area (Å²) in [5, 5.41) is 6.39. The summed E-state index contributed by atoms with van der Waals surface area (Å²) in [7, 11) is 0. The predicted octanol–water partition coefficient (Wildman–Crippen LogP) is 1.10. The minimum atomic E-state index is -0.244. The van der Waals surface area contributed by atoms with Gasteiger partial charge in [0.15, 0.2) is 0 Å². The van der Waals surface area contributed by atoms with Gasteiger partial charge in [-0.1, -0.05) is 28.5 Å². The zero-order valence-electron chi connectivity index (χ0n) is 9.38. The molecule has 0 saturated carbocycles. The van der Waals surface area contributed by atoms with Crippen LogP contribution in [0.1, 0.15) is 15.2 Å². The molecule has 1 heterocycles. The van der Waals surface area contributed by atoms with E-state index in [4.69, 9.17) is 5.73 Å². The molecule has 1 amide bonds. The van der Waals surface area contributed by atoms with Crippen molar-refractivity contribution in [1.82, 2.24) is 9.59 Å². The topological polar surface area (TPSA) is 80.9 Å². The van der Waals surface area contributed by atoms with Crippen molar-refractivity contribution in [3.8, 4) is 11.8 Å². The summed E-state index contributed by atoms with van der Waals surface area (Å²) in [6.07, 6.45) is 1.42. The summed E-state index contributed by atoms with van der Waals surface area (Å²) in [5.41, 5.74) is 6.71. The second kappa shape index (κ2) is 5.91. The largest absolute Gasteiger partial charge is 0.320 e. The van der Waals surface area contributed by atoms with Crippen molar-refractivity contribution in [3.63, 3.8) is 0 Å². The summed E-state index contributed by atoms with van der Waals surface area (Å²) in [6.45, 7) is 0.279. The van der Waals surface area contributed by atoms with Gasteiger partial charge in [0.25, 0.3) is 5.91 Å². The number of nitrogens with one attached hydrogen (secondary N) is 1. The van der Waals surface area contributed by atoms with E-state index in [2.05, 4.69) is 26.7 Å². The van der Waals surface area contributed by atoms with E-state index < -0.39 is 0 Å². The number of hydrogen-bond acceptors (Lipinski definition) is 5. The Morgan fingerprint density at radius 3 is 3.00 bits per heavy atom. The molecule has 0 radical (unpaired) electrons. The minimum Gasteiger partial charge on any atom is -0.320 e. The van der Waals surface area contributed by atoms with Gasteiger partial charge in [-0.05, 0) is 23.7 Å². The van der Waals surface area contributed by atoms with Crippen molar-refractivity contribution in [2.24, 2.45) is 5.73 Å². The lowest BCUT2D eigenvalue weighted by Crippen LogP contribution is -2.11. The van der Waals surface area contributed by atoms with Crippen LogP contribution in [0.2, 0.25) is 0 Å². The van der Waals surface area contributed by atoms with Crippen LogP contribution in [-0.4, -0.2) is 22.0 Å². The summed E-state index contributed by atoms with van der Waals surface area (Å²) in [6, 6.07) is 7.29. The first-order valence-electron chi connectivity index (χ1n) is 5.18. The van der Waals surface area contributed by atoms with Crippen LogP contribution in [0.5, 0.6) is 0 Å². The van der Waals surface area contributed by atoms with E-state index in [1.807, 2.05) is 18.2 Å². The average molecular weight is 258 g/mol. The van der Waals surface area contributed by atoms with Crippen molar-refractivity contribution in [3.05, 3.63) is 40.9 Å². The van der Waals surface area contributed by atoms with Gasteiger partial charge in [-0.3, -0.25) is 4.79 Å². The lowest BCUT2D eigenvalue weighted by Gasteiger charge is -2.05. The van der Waals surface area contributed by atoms with Crippen molar-refractivity contribution >= 4 is 23.1 Å². The molecule has 0 unspecified atom stereocenters. The van der Waals surface area contributed by atoms with Crippen LogP contribution in [0.15, 0.2) is 30.5 Å². The van der Waals surface area contributed by atoms with Crippen LogP contribution >= 0.6 is 11.5 Å².